The average molecular weight is 252 g/mol. The Morgan fingerprint density at radius 1 is 1.56 bits per heavy atom. The van der Waals surface area contributed by atoms with Gasteiger partial charge >= 0.3 is 0 Å². The monoisotopic (exact) mass is 252 g/mol. The summed E-state index contributed by atoms with van der Waals surface area (Å²) in [5.41, 5.74) is 1.66. The molecule has 2 rings (SSSR count). The second-order valence-electron chi connectivity index (χ2n) is 4.76. The van der Waals surface area contributed by atoms with E-state index in [0.29, 0.717) is 18.8 Å². The highest BCUT2D eigenvalue weighted by molar-refractivity contribution is 5.46. The smallest absolute Gasteiger partial charge is 0.0981 e. The topological polar surface area (TPSA) is 65.8 Å². The summed E-state index contributed by atoms with van der Waals surface area (Å²) in [5, 5.41) is 18.6. The van der Waals surface area contributed by atoms with Crippen molar-refractivity contribution >= 4 is 5.69 Å². The number of hydrogen-bond acceptors (Lipinski definition) is 5. The number of pyridine rings is 1. The quantitative estimate of drug-likeness (QED) is 0.830. The lowest BCUT2D eigenvalue weighted by Gasteiger charge is -2.38. The van der Waals surface area contributed by atoms with Gasteiger partial charge in [-0.1, -0.05) is 0 Å². The van der Waals surface area contributed by atoms with Gasteiger partial charge in [-0.3, -0.25) is 4.98 Å². The number of ether oxygens (including phenoxy) is 1. The predicted octanol–water partition coefficient (Wildman–Crippen LogP) is 0.721. The zero-order chi connectivity index (χ0) is 13.1. The molecule has 1 aromatic heterocycles. The van der Waals surface area contributed by atoms with Crippen LogP contribution >= 0.6 is 0 Å². The van der Waals surface area contributed by atoms with Gasteiger partial charge in [0.1, 0.15) is 0 Å². The fraction of sp³-hybridized carbons (Fsp3) is 0.615. The van der Waals surface area contributed by atoms with Crippen LogP contribution in [0.2, 0.25) is 0 Å². The molecule has 18 heavy (non-hydrogen) atoms. The summed E-state index contributed by atoms with van der Waals surface area (Å²) < 4.78 is 5.50. The maximum atomic E-state index is 9.43. The van der Waals surface area contributed by atoms with Gasteiger partial charge in [0.25, 0.3) is 0 Å². The number of anilines is 1. The summed E-state index contributed by atoms with van der Waals surface area (Å²) in [6, 6.07) is 4.04. The van der Waals surface area contributed by atoms with E-state index in [2.05, 4.69) is 16.8 Å². The summed E-state index contributed by atoms with van der Waals surface area (Å²) in [6.07, 6.45) is 1.07. The van der Waals surface area contributed by atoms with Crippen LogP contribution < -0.4 is 4.90 Å². The van der Waals surface area contributed by atoms with Crippen LogP contribution in [-0.4, -0.2) is 47.1 Å². The number of rotatable bonds is 3. The van der Waals surface area contributed by atoms with Crippen molar-refractivity contribution in [3.05, 3.63) is 24.0 Å². The summed E-state index contributed by atoms with van der Waals surface area (Å²) in [4.78, 5) is 6.41. The fourth-order valence-electron chi connectivity index (χ4n) is 2.10. The van der Waals surface area contributed by atoms with Crippen LogP contribution in [0.4, 0.5) is 5.69 Å². The molecule has 0 aromatic carbocycles. The Morgan fingerprint density at radius 3 is 2.89 bits per heavy atom. The minimum Gasteiger partial charge on any atom is -0.394 e. The van der Waals surface area contributed by atoms with Gasteiger partial charge in [0.2, 0.25) is 0 Å². The first-order valence-electron chi connectivity index (χ1n) is 6.25. The molecule has 0 radical (unpaired) electrons. The van der Waals surface area contributed by atoms with Gasteiger partial charge < -0.3 is 19.8 Å². The van der Waals surface area contributed by atoms with Crippen LogP contribution in [0.3, 0.4) is 0 Å². The highest BCUT2D eigenvalue weighted by Crippen LogP contribution is 2.22. The zero-order valence-corrected chi connectivity index (χ0v) is 10.8. The molecule has 0 aliphatic carbocycles. The van der Waals surface area contributed by atoms with E-state index in [9.17, 15) is 5.11 Å². The third kappa shape index (κ3) is 2.80. The van der Waals surface area contributed by atoms with Gasteiger partial charge in [0.15, 0.2) is 0 Å². The third-order valence-electron chi connectivity index (χ3n) is 3.24. The molecule has 1 saturated heterocycles. The number of aliphatic hydroxyl groups is 2. The van der Waals surface area contributed by atoms with Crippen molar-refractivity contribution in [2.24, 2.45) is 0 Å². The molecule has 2 heterocycles. The number of aliphatic hydroxyl groups excluding tert-OH is 2. The van der Waals surface area contributed by atoms with E-state index in [4.69, 9.17) is 9.84 Å². The van der Waals surface area contributed by atoms with Crippen LogP contribution in [0.5, 0.6) is 0 Å². The van der Waals surface area contributed by atoms with Gasteiger partial charge in [-0.15, -0.1) is 0 Å². The molecule has 5 nitrogen and oxygen atoms in total. The lowest BCUT2D eigenvalue weighted by atomic mass is 10.1. The molecule has 5 heteroatoms. The first-order valence-corrected chi connectivity index (χ1v) is 6.25. The Labute approximate surface area is 107 Å². The van der Waals surface area contributed by atoms with E-state index in [1.165, 1.54) is 0 Å². The van der Waals surface area contributed by atoms with Gasteiger partial charge in [0, 0.05) is 12.6 Å². The number of aromatic nitrogens is 1. The lowest BCUT2D eigenvalue weighted by Crippen LogP contribution is -2.49. The maximum Gasteiger partial charge on any atom is 0.0981 e. The molecule has 1 aliphatic rings. The second-order valence-corrected chi connectivity index (χ2v) is 4.76. The number of morpholine rings is 1. The standard InChI is InChI=1S/C13H20N2O3/c1-9-8-18-12(7-16)6-15(9)11-3-4-13(10(2)17)14-5-11/h3-5,9-10,12,16-17H,6-8H2,1-2H3/t9?,10-,12?/m1/s1. The largest absolute Gasteiger partial charge is 0.394 e. The average Bonchev–Trinajstić information content (AvgIpc) is 2.39. The van der Waals surface area contributed by atoms with Gasteiger partial charge in [0.05, 0.1) is 43.0 Å². The third-order valence-corrected chi connectivity index (χ3v) is 3.24. The number of hydrogen-bond donors (Lipinski definition) is 2. The van der Waals surface area contributed by atoms with Crippen molar-refractivity contribution in [3.8, 4) is 0 Å². The molecule has 0 bridgehead atoms. The van der Waals surface area contributed by atoms with Crippen LogP contribution in [0.1, 0.15) is 25.6 Å². The van der Waals surface area contributed by atoms with Crippen molar-refractivity contribution < 1.29 is 14.9 Å². The number of nitrogens with zero attached hydrogens (tertiary/aromatic N) is 2. The van der Waals surface area contributed by atoms with Crippen molar-refractivity contribution in [2.75, 3.05) is 24.7 Å². The van der Waals surface area contributed by atoms with Crippen LogP contribution in [0.25, 0.3) is 0 Å². The van der Waals surface area contributed by atoms with Crippen molar-refractivity contribution in [1.29, 1.82) is 0 Å². The highest BCUT2D eigenvalue weighted by atomic mass is 16.5. The van der Waals surface area contributed by atoms with Crippen molar-refractivity contribution in [2.45, 2.75) is 32.1 Å². The first kappa shape index (κ1) is 13.3. The molecule has 0 amide bonds. The van der Waals surface area contributed by atoms with E-state index in [-0.39, 0.29) is 18.8 Å². The van der Waals surface area contributed by atoms with Gasteiger partial charge in [-0.2, -0.15) is 0 Å². The Balaban J connectivity index is 2.13. The van der Waals surface area contributed by atoms with E-state index < -0.39 is 6.10 Å². The Hall–Kier alpha value is -1.17. The van der Waals surface area contributed by atoms with Gasteiger partial charge in [-0.05, 0) is 26.0 Å². The second kappa shape index (κ2) is 5.65. The van der Waals surface area contributed by atoms with Crippen molar-refractivity contribution in [3.63, 3.8) is 0 Å². The minimum absolute atomic E-state index is 0.0302. The van der Waals surface area contributed by atoms with Crippen molar-refractivity contribution in [1.82, 2.24) is 4.98 Å². The normalized spacial score (nSPS) is 26.1. The fourth-order valence-corrected chi connectivity index (χ4v) is 2.10. The SMILES string of the molecule is CC1COC(CO)CN1c1ccc([C@@H](C)O)nc1. The maximum absolute atomic E-state index is 9.43. The molecule has 1 aliphatic heterocycles. The van der Waals surface area contributed by atoms with Crippen LogP contribution in [0, 0.1) is 0 Å². The van der Waals surface area contributed by atoms with E-state index in [1.54, 1.807) is 13.1 Å². The molecule has 100 valence electrons. The molecule has 3 atom stereocenters. The molecular weight excluding hydrogens is 232 g/mol. The zero-order valence-electron chi connectivity index (χ0n) is 10.8. The van der Waals surface area contributed by atoms with E-state index in [0.717, 1.165) is 5.69 Å². The predicted molar refractivity (Wildman–Crippen MR) is 68.5 cm³/mol. The van der Waals surface area contributed by atoms with Crippen LogP contribution in [0.15, 0.2) is 18.3 Å². The molecule has 1 fully saturated rings. The Bertz CT molecular complexity index is 380. The molecule has 2 N–H and O–H groups in total. The minimum atomic E-state index is -0.550. The van der Waals surface area contributed by atoms with E-state index >= 15 is 0 Å². The molecule has 0 saturated carbocycles. The van der Waals surface area contributed by atoms with Gasteiger partial charge in [-0.25, -0.2) is 0 Å². The molecule has 1 aromatic rings. The van der Waals surface area contributed by atoms with Crippen LogP contribution in [-0.2, 0) is 4.74 Å². The highest BCUT2D eigenvalue weighted by Gasteiger charge is 2.25. The Kier molecular flexibility index (Phi) is 4.16. The molecule has 0 spiro atoms. The summed E-state index contributed by atoms with van der Waals surface area (Å²) in [6.45, 7) is 5.07. The molecule has 2 unspecified atom stereocenters. The van der Waals surface area contributed by atoms with E-state index in [1.807, 2.05) is 12.1 Å². The first-order chi connectivity index (χ1) is 8.61. The Morgan fingerprint density at radius 2 is 2.33 bits per heavy atom. The summed E-state index contributed by atoms with van der Waals surface area (Å²) in [5.74, 6) is 0. The summed E-state index contributed by atoms with van der Waals surface area (Å²) >= 11 is 0. The summed E-state index contributed by atoms with van der Waals surface area (Å²) in [7, 11) is 0. The lowest BCUT2D eigenvalue weighted by molar-refractivity contribution is -0.0103. The molecular formula is C13H20N2O3.